The lowest BCUT2D eigenvalue weighted by atomic mass is 10.2. The summed E-state index contributed by atoms with van der Waals surface area (Å²) in [5.41, 5.74) is 4.48. The molecule has 0 atom stereocenters. The lowest BCUT2D eigenvalue weighted by molar-refractivity contribution is 0.587. The van der Waals surface area contributed by atoms with Gasteiger partial charge in [-0.2, -0.15) is 10.1 Å². The quantitative estimate of drug-likeness (QED) is 0.406. The zero-order valence-electron chi connectivity index (χ0n) is 17.4. The van der Waals surface area contributed by atoms with Gasteiger partial charge in [-0.1, -0.05) is 12.1 Å². The molecule has 9 nitrogen and oxygen atoms in total. The summed E-state index contributed by atoms with van der Waals surface area (Å²) in [5, 5.41) is 11.6. The maximum Gasteiger partial charge on any atom is 0.229 e. The molecule has 31 heavy (non-hydrogen) atoms. The van der Waals surface area contributed by atoms with Gasteiger partial charge < -0.3 is 10.2 Å². The molecule has 0 radical (unpaired) electrons. The van der Waals surface area contributed by atoms with E-state index in [1.54, 1.807) is 6.20 Å². The second-order valence-corrected chi connectivity index (χ2v) is 9.10. The van der Waals surface area contributed by atoms with Crippen molar-refractivity contribution in [2.24, 2.45) is 0 Å². The van der Waals surface area contributed by atoms with Gasteiger partial charge in [0.05, 0.1) is 11.8 Å². The van der Waals surface area contributed by atoms with Gasteiger partial charge in [0.2, 0.25) is 16.0 Å². The highest BCUT2D eigenvalue weighted by atomic mass is 32.2. The van der Waals surface area contributed by atoms with Gasteiger partial charge in [0.1, 0.15) is 5.82 Å². The first-order valence-corrected chi connectivity index (χ1v) is 11.5. The fourth-order valence-electron chi connectivity index (χ4n) is 3.17. The van der Waals surface area contributed by atoms with Crippen LogP contribution >= 0.6 is 0 Å². The number of anilines is 4. The Hall–Kier alpha value is -3.50. The van der Waals surface area contributed by atoms with Gasteiger partial charge >= 0.3 is 0 Å². The summed E-state index contributed by atoms with van der Waals surface area (Å²) in [6.07, 6.45) is 2.82. The van der Waals surface area contributed by atoms with E-state index in [2.05, 4.69) is 30.2 Å². The molecule has 160 valence electrons. The van der Waals surface area contributed by atoms with E-state index in [0.29, 0.717) is 5.95 Å². The summed E-state index contributed by atoms with van der Waals surface area (Å²) in [7, 11) is -1.32. The molecule has 0 amide bonds. The average molecular weight is 438 g/mol. The first kappa shape index (κ1) is 20.8. The summed E-state index contributed by atoms with van der Waals surface area (Å²) >= 11 is 0. The maximum atomic E-state index is 11.3. The molecule has 0 spiro atoms. The summed E-state index contributed by atoms with van der Waals surface area (Å²) in [4.78, 5) is 10.9. The minimum atomic E-state index is -3.26. The molecule has 2 aromatic carbocycles. The van der Waals surface area contributed by atoms with E-state index < -0.39 is 10.0 Å². The largest absolute Gasteiger partial charge is 0.329 e. The highest BCUT2D eigenvalue weighted by Gasteiger charge is 2.10. The van der Waals surface area contributed by atoms with E-state index in [4.69, 9.17) is 0 Å². The van der Waals surface area contributed by atoms with Crippen molar-refractivity contribution in [3.05, 3.63) is 66.0 Å². The van der Waals surface area contributed by atoms with Crippen LogP contribution in [0.1, 0.15) is 11.3 Å². The molecule has 0 fully saturated rings. The molecule has 0 aliphatic rings. The third kappa shape index (κ3) is 4.98. The molecule has 0 bridgehead atoms. The van der Waals surface area contributed by atoms with Crippen molar-refractivity contribution >= 4 is 44.1 Å². The van der Waals surface area contributed by atoms with Crippen LogP contribution in [0.15, 0.2) is 54.7 Å². The summed E-state index contributed by atoms with van der Waals surface area (Å²) < 4.78 is 25.1. The number of hydrogen-bond donors (Lipinski definition) is 3. The van der Waals surface area contributed by atoms with Crippen molar-refractivity contribution in [3.63, 3.8) is 0 Å². The third-order valence-electron chi connectivity index (χ3n) is 4.82. The van der Waals surface area contributed by atoms with E-state index in [0.717, 1.165) is 45.6 Å². The van der Waals surface area contributed by atoms with E-state index in [1.807, 2.05) is 67.4 Å². The lowest BCUT2D eigenvalue weighted by Crippen LogP contribution is -2.21. The summed E-state index contributed by atoms with van der Waals surface area (Å²) in [6.45, 7) is 2.21. The lowest BCUT2D eigenvalue weighted by Gasteiger charge is -2.19. The molecular formula is C21H23N7O2S. The van der Waals surface area contributed by atoms with Crippen LogP contribution in [0.3, 0.4) is 0 Å². The number of nitrogens with zero attached hydrogens (tertiary/aromatic N) is 4. The SMILES string of the molecule is Cc1[nH]nc2cc(N(C)c3ccnc(Nc4cccc(CNS(C)(=O)=O)c4)n3)ccc12. The molecule has 0 saturated carbocycles. The first-order valence-electron chi connectivity index (χ1n) is 9.60. The predicted octanol–water partition coefficient (Wildman–Crippen LogP) is 3.22. The number of rotatable bonds is 7. The average Bonchev–Trinajstić information content (AvgIpc) is 3.12. The number of aromatic amines is 1. The Morgan fingerprint density at radius 1 is 1.13 bits per heavy atom. The summed E-state index contributed by atoms with van der Waals surface area (Å²) in [6, 6.07) is 15.3. The van der Waals surface area contributed by atoms with Gasteiger partial charge in [-0.05, 0) is 48.9 Å². The van der Waals surface area contributed by atoms with E-state index in [9.17, 15) is 8.42 Å². The number of aryl methyl sites for hydroxylation is 1. The van der Waals surface area contributed by atoms with E-state index in [1.165, 1.54) is 0 Å². The molecule has 4 rings (SSSR count). The summed E-state index contributed by atoms with van der Waals surface area (Å²) in [5.74, 6) is 1.16. The molecule has 4 aromatic rings. The minimum absolute atomic E-state index is 0.215. The Morgan fingerprint density at radius 3 is 2.77 bits per heavy atom. The Morgan fingerprint density at radius 2 is 1.97 bits per heavy atom. The molecule has 2 heterocycles. The highest BCUT2D eigenvalue weighted by molar-refractivity contribution is 7.88. The Labute approximate surface area is 180 Å². The Bertz CT molecular complexity index is 1330. The number of nitrogens with one attached hydrogen (secondary N) is 3. The fourth-order valence-corrected chi connectivity index (χ4v) is 3.60. The monoisotopic (exact) mass is 437 g/mol. The molecule has 0 aliphatic heterocycles. The Balaban J connectivity index is 1.52. The molecule has 2 aromatic heterocycles. The van der Waals surface area contributed by atoms with Crippen LogP contribution in [-0.4, -0.2) is 41.9 Å². The van der Waals surface area contributed by atoms with E-state index >= 15 is 0 Å². The number of benzene rings is 2. The maximum absolute atomic E-state index is 11.3. The first-order chi connectivity index (χ1) is 14.8. The van der Waals surface area contributed by atoms with Crippen LogP contribution in [0.2, 0.25) is 0 Å². The van der Waals surface area contributed by atoms with Gasteiger partial charge in [0, 0.05) is 42.2 Å². The molecule has 3 N–H and O–H groups in total. The van der Waals surface area contributed by atoms with Crippen LogP contribution in [0.5, 0.6) is 0 Å². The smallest absolute Gasteiger partial charge is 0.229 e. The topological polar surface area (TPSA) is 116 Å². The normalized spacial score (nSPS) is 11.6. The van der Waals surface area contributed by atoms with Crippen molar-refractivity contribution in [1.82, 2.24) is 24.9 Å². The number of H-pyrrole nitrogens is 1. The van der Waals surface area contributed by atoms with Crippen molar-refractivity contribution < 1.29 is 8.42 Å². The van der Waals surface area contributed by atoms with Crippen LogP contribution in [0.4, 0.5) is 23.1 Å². The number of sulfonamides is 1. The van der Waals surface area contributed by atoms with Crippen molar-refractivity contribution in [2.75, 3.05) is 23.5 Å². The number of fused-ring (bicyclic) bond motifs is 1. The highest BCUT2D eigenvalue weighted by Crippen LogP contribution is 2.27. The van der Waals surface area contributed by atoms with Gasteiger partial charge in [-0.15, -0.1) is 0 Å². The zero-order valence-corrected chi connectivity index (χ0v) is 18.2. The van der Waals surface area contributed by atoms with Gasteiger partial charge in [-0.3, -0.25) is 5.10 Å². The van der Waals surface area contributed by atoms with Crippen LogP contribution in [-0.2, 0) is 16.6 Å². The van der Waals surface area contributed by atoms with Crippen molar-refractivity contribution in [1.29, 1.82) is 0 Å². The second kappa shape index (κ2) is 8.32. The fraction of sp³-hybridized carbons (Fsp3) is 0.190. The zero-order chi connectivity index (χ0) is 22.0. The standard InChI is InChI=1S/C21H23N7O2S/c1-14-18-8-7-17(12-19(18)27-26-14)28(2)20-9-10-22-21(25-20)24-16-6-4-5-15(11-16)13-23-31(3,29)30/h4-12,23H,13H2,1-3H3,(H,26,27)(H,22,24,25). The van der Waals surface area contributed by atoms with Gasteiger partial charge in [0.25, 0.3) is 0 Å². The van der Waals surface area contributed by atoms with E-state index in [-0.39, 0.29) is 6.54 Å². The molecule has 0 aliphatic carbocycles. The minimum Gasteiger partial charge on any atom is -0.329 e. The predicted molar refractivity (Wildman–Crippen MR) is 122 cm³/mol. The molecule has 0 unspecified atom stereocenters. The second-order valence-electron chi connectivity index (χ2n) is 7.27. The Kier molecular flexibility index (Phi) is 5.57. The third-order valence-corrected chi connectivity index (χ3v) is 5.49. The van der Waals surface area contributed by atoms with Gasteiger partial charge in [-0.25, -0.2) is 18.1 Å². The van der Waals surface area contributed by atoms with Gasteiger partial charge in [0.15, 0.2) is 0 Å². The van der Waals surface area contributed by atoms with Crippen molar-refractivity contribution in [3.8, 4) is 0 Å². The number of aromatic nitrogens is 4. The van der Waals surface area contributed by atoms with Crippen molar-refractivity contribution in [2.45, 2.75) is 13.5 Å². The molecule has 10 heteroatoms. The molecule has 0 saturated heterocycles. The van der Waals surface area contributed by atoms with Crippen LogP contribution < -0.4 is 14.9 Å². The molecular weight excluding hydrogens is 414 g/mol. The number of hydrogen-bond acceptors (Lipinski definition) is 7. The van der Waals surface area contributed by atoms with Crippen LogP contribution in [0.25, 0.3) is 10.9 Å². The van der Waals surface area contributed by atoms with Crippen LogP contribution in [0, 0.1) is 6.92 Å².